The molecule has 1 atom stereocenters. The topological polar surface area (TPSA) is 53.9 Å². The van der Waals surface area contributed by atoms with Gasteiger partial charge in [0.1, 0.15) is 5.69 Å². The molecule has 4 rings (SSSR count). The molecule has 3 aromatic rings. The number of H-pyrrole nitrogens is 1. The lowest BCUT2D eigenvalue weighted by molar-refractivity contribution is 0.0667. The van der Waals surface area contributed by atoms with E-state index in [0.717, 1.165) is 37.1 Å². The van der Waals surface area contributed by atoms with Crippen molar-refractivity contribution >= 4 is 5.91 Å². The summed E-state index contributed by atoms with van der Waals surface area (Å²) >= 11 is 0. The molecule has 2 aromatic heterocycles. The Morgan fingerprint density at radius 2 is 2.08 bits per heavy atom. The molecule has 5 heteroatoms. The zero-order valence-corrected chi connectivity index (χ0v) is 15.1. The number of nitrogens with one attached hydrogen (secondary N) is 1. The lowest BCUT2D eigenvalue weighted by Gasteiger charge is -2.32. The van der Waals surface area contributed by atoms with Crippen LogP contribution in [0.1, 0.15) is 46.2 Å². The maximum atomic E-state index is 12.9. The molecule has 0 bridgehead atoms. The molecule has 0 radical (unpaired) electrons. The summed E-state index contributed by atoms with van der Waals surface area (Å²) in [5.41, 5.74) is 4.13. The molecule has 1 unspecified atom stereocenters. The zero-order chi connectivity index (χ0) is 17.9. The molecule has 0 spiro atoms. The van der Waals surface area contributed by atoms with Gasteiger partial charge in [-0.05, 0) is 43.0 Å². The number of aryl methyl sites for hydroxylation is 1. The highest BCUT2D eigenvalue weighted by Crippen LogP contribution is 2.23. The van der Waals surface area contributed by atoms with Crippen molar-refractivity contribution in [3.63, 3.8) is 0 Å². The van der Waals surface area contributed by atoms with Gasteiger partial charge in [-0.15, -0.1) is 0 Å². The van der Waals surface area contributed by atoms with Crippen LogP contribution in [0.25, 0.3) is 0 Å². The van der Waals surface area contributed by atoms with Gasteiger partial charge in [0, 0.05) is 31.4 Å². The Labute approximate surface area is 153 Å². The molecule has 1 N–H and O–H groups in total. The first-order chi connectivity index (χ1) is 12.7. The minimum atomic E-state index is 0.0814. The summed E-state index contributed by atoms with van der Waals surface area (Å²) in [5, 5.41) is 4.43. The quantitative estimate of drug-likeness (QED) is 0.783. The SMILES string of the molecule is Cc1cnn(C2CCCN(C(=O)c3ccc(Cc4ccccc4)[nH]3)C2)c1. The van der Waals surface area contributed by atoms with Gasteiger partial charge in [0.15, 0.2) is 0 Å². The number of piperidine rings is 1. The molecule has 5 nitrogen and oxygen atoms in total. The van der Waals surface area contributed by atoms with Crippen LogP contribution in [0.5, 0.6) is 0 Å². The second-order valence-electron chi connectivity index (χ2n) is 7.10. The van der Waals surface area contributed by atoms with Gasteiger partial charge in [-0.25, -0.2) is 0 Å². The molecule has 3 heterocycles. The van der Waals surface area contributed by atoms with Crippen LogP contribution in [0.2, 0.25) is 0 Å². The van der Waals surface area contributed by atoms with Crippen LogP contribution >= 0.6 is 0 Å². The first-order valence-corrected chi connectivity index (χ1v) is 9.21. The van der Waals surface area contributed by atoms with Crippen LogP contribution in [0.15, 0.2) is 54.9 Å². The lowest BCUT2D eigenvalue weighted by Crippen LogP contribution is -2.41. The number of aromatic nitrogens is 3. The summed E-state index contributed by atoms with van der Waals surface area (Å²) in [5.74, 6) is 0.0814. The number of likely N-dealkylation sites (tertiary alicyclic amines) is 1. The fourth-order valence-electron chi connectivity index (χ4n) is 3.64. The number of carbonyl (C=O) groups is 1. The highest BCUT2D eigenvalue weighted by molar-refractivity contribution is 5.92. The Bertz CT molecular complexity index is 880. The van der Waals surface area contributed by atoms with Crippen molar-refractivity contribution in [1.29, 1.82) is 0 Å². The first-order valence-electron chi connectivity index (χ1n) is 9.21. The van der Waals surface area contributed by atoms with Crippen molar-refractivity contribution in [2.24, 2.45) is 0 Å². The van der Waals surface area contributed by atoms with Crippen molar-refractivity contribution in [2.75, 3.05) is 13.1 Å². The van der Waals surface area contributed by atoms with E-state index in [0.29, 0.717) is 12.2 Å². The third kappa shape index (κ3) is 3.57. The van der Waals surface area contributed by atoms with Crippen LogP contribution in [0.4, 0.5) is 0 Å². The summed E-state index contributed by atoms with van der Waals surface area (Å²) in [7, 11) is 0. The van der Waals surface area contributed by atoms with E-state index < -0.39 is 0 Å². The molecule has 1 saturated heterocycles. The van der Waals surface area contributed by atoms with E-state index in [-0.39, 0.29) is 11.9 Å². The molecule has 26 heavy (non-hydrogen) atoms. The molecule has 134 valence electrons. The van der Waals surface area contributed by atoms with Crippen LogP contribution in [0.3, 0.4) is 0 Å². The molecule has 0 saturated carbocycles. The van der Waals surface area contributed by atoms with Crippen LogP contribution in [-0.2, 0) is 6.42 Å². The summed E-state index contributed by atoms with van der Waals surface area (Å²) < 4.78 is 2.00. The van der Waals surface area contributed by atoms with Gasteiger partial charge < -0.3 is 9.88 Å². The van der Waals surface area contributed by atoms with Crippen molar-refractivity contribution in [3.05, 3.63) is 77.4 Å². The number of amides is 1. The maximum Gasteiger partial charge on any atom is 0.270 e. The highest BCUT2D eigenvalue weighted by Gasteiger charge is 2.26. The number of hydrogen-bond acceptors (Lipinski definition) is 2. The Morgan fingerprint density at radius 3 is 2.85 bits per heavy atom. The molecule has 0 aliphatic carbocycles. The van der Waals surface area contributed by atoms with E-state index in [4.69, 9.17) is 0 Å². The third-order valence-corrected chi connectivity index (χ3v) is 5.00. The molecule has 1 aliphatic rings. The molecular formula is C21H24N4O. The summed E-state index contributed by atoms with van der Waals surface area (Å²) in [6.07, 6.45) is 6.82. The van der Waals surface area contributed by atoms with Gasteiger partial charge in [-0.2, -0.15) is 5.10 Å². The molecule has 1 amide bonds. The van der Waals surface area contributed by atoms with Crippen LogP contribution in [0, 0.1) is 6.92 Å². The number of hydrogen-bond donors (Lipinski definition) is 1. The summed E-state index contributed by atoms with van der Waals surface area (Å²) in [6.45, 7) is 3.57. The Morgan fingerprint density at radius 1 is 1.23 bits per heavy atom. The van der Waals surface area contributed by atoms with E-state index in [1.807, 2.05) is 53.0 Å². The fraction of sp³-hybridized carbons (Fsp3) is 0.333. The number of rotatable bonds is 4. The van der Waals surface area contributed by atoms with Gasteiger partial charge in [0.2, 0.25) is 0 Å². The summed E-state index contributed by atoms with van der Waals surface area (Å²) in [6, 6.07) is 14.5. The number of benzene rings is 1. The van der Waals surface area contributed by atoms with Gasteiger partial charge in [-0.3, -0.25) is 9.48 Å². The van der Waals surface area contributed by atoms with Gasteiger partial charge in [0.25, 0.3) is 5.91 Å². The standard InChI is InChI=1S/C21H24N4O/c1-16-13-22-25(14-16)19-8-5-11-24(15-19)21(26)20-10-9-18(23-20)12-17-6-3-2-4-7-17/h2-4,6-7,9-10,13-14,19,23H,5,8,11-12,15H2,1H3. The average Bonchev–Trinajstić information content (AvgIpc) is 3.31. The number of nitrogens with zero attached hydrogens (tertiary/aromatic N) is 3. The fourth-order valence-corrected chi connectivity index (χ4v) is 3.64. The molecule has 1 aromatic carbocycles. The van der Waals surface area contributed by atoms with Crippen LogP contribution < -0.4 is 0 Å². The van der Waals surface area contributed by atoms with E-state index in [1.54, 1.807) is 0 Å². The second kappa shape index (κ2) is 7.20. The smallest absolute Gasteiger partial charge is 0.270 e. The minimum Gasteiger partial charge on any atom is -0.354 e. The van der Waals surface area contributed by atoms with Crippen molar-refractivity contribution in [3.8, 4) is 0 Å². The maximum absolute atomic E-state index is 12.9. The molecule has 1 fully saturated rings. The lowest BCUT2D eigenvalue weighted by atomic mass is 10.1. The zero-order valence-electron chi connectivity index (χ0n) is 15.1. The Kier molecular flexibility index (Phi) is 4.61. The van der Waals surface area contributed by atoms with Crippen molar-refractivity contribution in [2.45, 2.75) is 32.2 Å². The van der Waals surface area contributed by atoms with Gasteiger partial charge in [-0.1, -0.05) is 30.3 Å². The molecular weight excluding hydrogens is 324 g/mol. The van der Waals surface area contributed by atoms with Gasteiger partial charge >= 0.3 is 0 Å². The largest absolute Gasteiger partial charge is 0.354 e. The predicted molar refractivity (Wildman–Crippen MR) is 101 cm³/mol. The third-order valence-electron chi connectivity index (χ3n) is 5.00. The highest BCUT2D eigenvalue weighted by atomic mass is 16.2. The van der Waals surface area contributed by atoms with E-state index in [2.05, 4.69) is 28.4 Å². The van der Waals surface area contributed by atoms with E-state index in [1.165, 1.54) is 5.56 Å². The number of carbonyl (C=O) groups excluding carboxylic acids is 1. The van der Waals surface area contributed by atoms with Crippen molar-refractivity contribution in [1.82, 2.24) is 19.7 Å². The minimum absolute atomic E-state index is 0.0814. The summed E-state index contributed by atoms with van der Waals surface area (Å²) in [4.78, 5) is 18.2. The van der Waals surface area contributed by atoms with Gasteiger partial charge in [0.05, 0.1) is 12.2 Å². The monoisotopic (exact) mass is 348 g/mol. The number of aromatic amines is 1. The van der Waals surface area contributed by atoms with E-state index in [9.17, 15) is 4.79 Å². The second-order valence-corrected chi connectivity index (χ2v) is 7.10. The van der Waals surface area contributed by atoms with Crippen molar-refractivity contribution < 1.29 is 4.79 Å². The van der Waals surface area contributed by atoms with Crippen LogP contribution in [-0.4, -0.2) is 38.7 Å². The predicted octanol–water partition coefficient (Wildman–Crippen LogP) is 3.59. The normalized spacial score (nSPS) is 17.4. The average molecular weight is 348 g/mol. The Balaban J connectivity index is 1.44. The van der Waals surface area contributed by atoms with E-state index >= 15 is 0 Å². The first kappa shape index (κ1) is 16.6. The Hall–Kier alpha value is -2.82. The molecule has 1 aliphatic heterocycles.